The number of fused-ring (bicyclic) bond motifs is 2. The third-order valence-corrected chi connectivity index (χ3v) is 6.52. The van der Waals surface area contributed by atoms with Gasteiger partial charge in [0.2, 0.25) is 5.91 Å². The zero-order valence-electron chi connectivity index (χ0n) is 16.8. The normalized spacial score (nSPS) is 21.8. The standard InChI is InChI=1S/C25H16Cl2FN2O2/c1-13-5-7-17(28)11-18(13)23-25(19-8-6-16(27)10-21(19)29-24(25)32)20(12-22(31)30-23)14-3-2-4-15(26)9-14/h2-12,23H,1H3,(H,30,31)/t23-,25?/m1/s1. The van der Waals surface area contributed by atoms with Crippen LogP contribution in [0, 0.1) is 12.7 Å². The summed E-state index contributed by atoms with van der Waals surface area (Å²) in [6, 6.07) is 15.4. The lowest BCUT2D eigenvalue weighted by Gasteiger charge is -2.42. The summed E-state index contributed by atoms with van der Waals surface area (Å²) in [6.07, 6.45) is 1.40. The number of hydrogen-bond acceptors (Lipinski definition) is 2. The number of halogens is 3. The zero-order valence-corrected chi connectivity index (χ0v) is 18.3. The van der Waals surface area contributed by atoms with Crippen LogP contribution < -0.4 is 10.6 Å². The minimum absolute atomic E-state index is 0.394. The highest BCUT2D eigenvalue weighted by Gasteiger charge is 2.59. The van der Waals surface area contributed by atoms with Crippen molar-refractivity contribution in [3.05, 3.63) is 105 Å². The van der Waals surface area contributed by atoms with Gasteiger partial charge in [-0.15, -0.1) is 0 Å². The Morgan fingerprint density at radius 2 is 1.78 bits per heavy atom. The van der Waals surface area contributed by atoms with E-state index in [0.29, 0.717) is 38.0 Å². The van der Waals surface area contributed by atoms with E-state index in [1.807, 2.05) is 6.92 Å². The molecule has 2 aliphatic rings. The van der Waals surface area contributed by atoms with Crippen LogP contribution in [-0.4, -0.2) is 11.8 Å². The van der Waals surface area contributed by atoms with Crippen molar-refractivity contribution in [3.8, 4) is 0 Å². The minimum atomic E-state index is -1.41. The number of rotatable bonds is 2. The van der Waals surface area contributed by atoms with Crippen LogP contribution in [0.25, 0.3) is 5.57 Å². The molecule has 1 radical (unpaired) electrons. The Kier molecular flexibility index (Phi) is 4.84. The van der Waals surface area contributed by atoms with Crippen LogP contribution >= 0.6 is 23.2 Å². The van der Waals surface area contributed by atoms with Gasteiger partial charge in [0.15, 0.2) is 0 Å². The Bertz CT molecular complexity index is 1340. The molecule has 7 heteroatoms. The van der Waals surface area contributed by atoms with Crippen molar-refractivity contribution in [3.63, 3.8) is 0 Å². The first kappa shape index (κ1) is 20.7. The molecule has 3 aromatic carbocycles. The molecule has 0 aromatic heterocycles. The maximum Gasteiger partial charge on any atom is 0.263 e. The maximum atomic E-state index is 14.3. The molecular formula is C25H16Cl2FN2O2. The molecule has 1 N–H and O–H groups in total. The molecule has 32 heavy (non-hydrogen) atoms. The van der Waals surface area contributed by atoms with Crippen molar-refractivity contribution >= 4 is 46.3 Å². The molecule has 2 amide bonds. The lowest BCUT2D eigenvalue weighted by Crippen LogP contribution is -2.52. The monoisotopic (exact) mass is 465 g/mol. The van der Waals surface area contributed by atoms with Gasteiger partial charge in [0, 0.05) is 21.7 Å². The average molecular weight is 466 g/mol. The van der Waals surface area contributed by atoms with Crippen LogP contribution in [0.5, 0.6) is 0 Å². The number of aryl methyl sites for hydroxylation is 1. The first-order valence-corrected chi connectivity index (χ1v) is 10.7. The Balaban J connectivity index is 1.87. The van der Waals surface area contributed by atoms with Gasteiger partial charge in [-0.3, -0.25) is 9.59 Å². The molecule has 1 unspecified atom stereocenters. The van der Waals surface area contributed by atoms with Crippen LogP contribution in [0.3, 0.4) is 0 Å². The fourth-order valence-corrected chi connectivity index (χ4v) is 5.03. The van der Waals surface area contributed by atoms with Crippen molar-refractivity contribution in [1.82, 2.24) is 10.6 Å². The lowest BCUT2D eigenvalue weighted by atomic mass is 9.63. The topological polar surface area (TPSA) is 60.3 Å². The molecule has 5 rings (SSSR count). The highest BCUT2D eigenvalue weighted by Crippen LogP contribution is 2.56. The molecule has 2 heterocycles. The van der Waals surface area contributed by atoms with E-state index >= 15 is 0 Å². The van der Waals surface area contributed by atoms with Gasteiger partial charge in [0.1, 0.15) is 11.2 Å². The van der Waals surface area contributed by atoms with E-state index < -0.39 is 29.1 Å². The maximum absolute atomic E-state index is 14.3. The summed E-state index contributed by atoms with van der Waals surface area (Å²) >= 11 is 12.4. The molecule has 2 atom stereocenters. The Hall–Kier alpha value is -3.15. The number of carbonyl (C=O) groups excluding carboxylic acids is 2. The van der Waals surface area contributed by atoms with Gasteiger partial charge in [0.25, 0.3) is 5.91 Å². The van der Waals surface area contributed by atoms with Crippen molar-refractivity contribution in [1.29, 1.82) is 0 Å². The number of amides is 2. The first-order valence-electron chi connectivity index (χ1n) is 9.91. The summed E-state index contributed by atoms with van der Waals surface area (Å²) in [5, 5.41) is 8.10. The SMILES string of the molecule is Cc1ccc(F)cc1[C@H]1NC(=O)C=C(c2cccc(Cl)c2)C12C(=O)[N]c1cc(Cl)ccc12. The van der Waals surface area contributed by atoms with Crippen LogP contribution in [0.4, 0.5) is 10.1 Å². The smallest absolute Gasteiger partial charge is 0.263 e. The van der Waals surface area contributed by atoms with E-state index in [1.165, 1.54) is 18.2 Å². The summed E-state index contributed by atoms with van der Waals surface area (Å²) < 4.78 is 14.3. The van der Waals surface area contributed by atoms with E-state index in [9.17, 15) is 14.0 Å². The fourth-order valence-electron chi connectivity index (χ4n) is 4.68. The van der Waals surface area contributed by atoms with Gasteiger partial charge in [0.05, 0.1) is 11.7 Å². The third kappa shape index (κ3) is 3.04. The Morgan fingerprint density at radius 3 is 2.56 bits per heavy atom. The van der Waals surface area contributed by atoms with Crippen molar-refractivity contribution in [2.24, 2.45) is 0 Å². The fraction of sp³-hybridized carbons (Fsp3) is 0.120. The molecule has 0 saturated carbocycles. The van der Waals surface area contributed by atoms with E-state index in [0.717, 1.165) is 5.56 Å². The van der Waals surface area contributed by atoms with Gasteiger partial charge in [-0.1, -0.05) is 47.5 Å². The average Bonchev–Trinajstić information content (AvgIpc) is 3.02. The van der Waals surface area contributed by atoms with Gasteiger partial charge in [-0.25, -0.2) is 9.71 Å². The number of hydrogen-bond donors (Lipinski definition) is 1. The molecule has 0 bridgehead atoms. The second kappa shape index (κ2) is 7.47. The number of nitrogens with one attached hydrogen (secondary N) is 1. The predicted molar refractivity (Wildman–Crippen MR) is 121 cm³/mol. The third-order valence-electron chi connectivity index (χ3n) is 6.05. The second-order valence-electron chi connectivity index (χ2n) is 7.90. The van der Waals surface area contributed by atoms with Crippen molar-refractivity contribution in [2.75, 3.05) is 0 Å². The lowest BCUT2D eigenvalue weighted by molar-refractivity contribution is -0.125. The second-order valence-corrected chi connectivity index (χ2v) is 8.77. The highest BCUT2D eigenvalue weighted by atomic mass is 35.5. The van der Waals surface area contributed by atoms with Gasteiger partial charge >= 0.3 is 0 Å². The summed E-state index contributed by atoms with van der Waals surface area (Å²) in [7, 11) is 0. The van der Waals surface area contributed by atoms with E-state index in [2.05, 4.69) is 10.6 Å². The predicted octanol–water partition coefficient (Wildman–Crippen LogP) is 5.41. The van der Waals surface area contributed by atoms with Gasteiger partial charge in [-0.05, 0) is 65.6 Å². The summed E-state index contributed by atoms with van der Waals surface area (Å²) in [5.74, 6) is -1.32. The van der Waals surface area contributed by atoms with E-state index in [-0.39, 0.29) is 0 Å². The molecule has 159 valence electrons. The summed E-state index contributed by atoms with van der Waals surface area (Å²) in [5.41, 5.74) is 1.90. The Morgan fingerprint density at radius 1 is 1.00 bits per heavy atom. The number of benzene rings is 3. The molecule has 0 aliphatic carbocycles. The van der Waals surface area contributed by atoms with Gasteiger partial charge < -0.3 is 5.32 Å². The minimum Gasteiger partial charge on any atom is -0.344 e. The molecule has 0 saturated heterocycles. The molecule has 3 aromatic rings. The highest BCUT2D eigenvalue weighted by molar-refractivity contribution is 6.31. The molecule has 4 nitrogen and oxygen atoms in total. The molecule has 1 spiro atoms. The van der Waals surface area contributed by atoms with Crippen LogP contribution in [0.2, 0.25) is 10.0 Å². The van der Waals surface area contributed by atoms with E-state index in [1.54, 1.807) is 48.5 Å². The van der Waals surface area contributed by atoms with Crippen LogP contribution in [-0.2, 0) is 15.0 Å². The molecular weight excluding hydrogens is 450 g/mol. The quantitative estimate of drug-likeness (QED) is 0.549. The zero-order chi connectivity index (χ0) is 22.6. The van der Waals surface area contributed by atoms with Gasteiger partial charge in [-0.2, -0.15) is 0 Å². The number of carbonyl (C=O) groups is 2. The summed E-state index contributed by atoms with van der Waals surface area (Å²) in [6.45, 7) is 1.81. The van der Waals surface area contributed by atoms with Crippen LogP contribution in [0.15, 0.2) is 66.7 Å². The number of nitrogens with zero attached hydrogens (tertiary/aromatic N) is 1. The van der Waals surface area contributed by atoms with Crippen molar-refractivity contribution in [2.45, 2.75) is 18.4 Å². The van der Waals surface area contributed by atoms with Crippen LogP contribution in [0.1, 0.15) is 28.3 Å². The largest absolute Gasteiger partial charge is 0.344 e. The summed E-state index contributed by atoms with van der Waals surface area (Å²) in [4.78, 5) is 26.6. The van der Waals surface area contributed by atoms with E-state index in [4.69, 9.17) is 23.2 Å². The molecule has 0 fully saturated rings. The Labute approximate surface area is 194 Å². The first-order chi connectivity index (χ1) is 15.3. The van der Waals surface area contributed by atoms with Crippen molar-refractivity contribution < 1.29 is 14.0 Å². The molecule has 2 aliphatic heterocycles.